The first-order chi connectivity index (χ1) is 17.8. The van der Waals surface area contributed by atoms with E-state index < -0.39 is 45.6 Å². The number of piperidine rings is 1. The Morgan fingerprint density at radius 1 is 1.00 bits per heavy atom. The first-order valence-electron chi connectivity index (χ1n) is 12.3. The van der Waals surface area contributed by atoms with Crippen LogP contribution in [0.4, 0.5) is 0 Å². The first-order valence-corrected chi connectivity index (χ1v) is 14.1. The van der Waals surface area contributed by atoms with Gasteiger partial charge < -0.3 is 15.0 Å². The van der Waals surface area contributed by atoms with Crippen molar-refractivity contribution in [1.82, 2.24) is 10.2 Å². The molecule has 3 aromatic rings. The average molecular weight is 521 g/mol. The molecule has 192 valence electrons. The maximum absolute atomic E-state index is 13.8. The number of benzene rings is 3. The van der Waals surface area contributed by atoms with Gasteiger partial charge in [0.15, 0.2) is 15.6 Å². The number of likely N-dealkylation sites (tertiary alicyclic amines) is 1. The Morgan fingerprint density at radius 2 is 1.73 bits per heavy atom. The number of sulfone groups is 1. The van der Waals surface area contributed by atoms with Gasteiger partial charge in [-0.3, -0.25) is 14.4 Å². The van der Waals surface area contributed by atoms with Gasteiger partial charge in [0, 0.05) is 12.1 Å². The third kappa shape index (κ3) is 5.42. The fraction of sp³-hybridized carbons (Fsp3) is 0.321. The van der Waals surface area contributed by atoms with E-state index in [9.17, 15) is 22.8 Å². The molecule has 2 amide bonds. The third-order valence-corrected chi connectivity index (χ3v) is 8.53. The second-order valence-corrected chi connectivity index (χ2v) is 11.6. The molecule has 2 aliphatic rings. The molecular weight excluding hydrogens is 492 g/mol. The van der Waals surface area contributed by atoms with Crippen LogP contribution in [0.25, 0.3) is 10.8 Å². The quantitative estimate of drug-likeness (QED) is 0.513. The van der Waals surface area contributed by atoms with E-state index >= 15 is 0 Å². The number of ketones is 1. The number of carbonyl (C=O) groups excluding carboxylic acids is 3. The van der Waals surface area contributed by atoms with Crippen LogP contribution in [0.1, 0.15) is 28.8 Å². The molecule has 37 heavy (non-hydrogen) atoms. The van der Waals surface area contributed by atoms with Crippen molar-refractivity contribution in [1.29, 1.82) is 0 Å². The lowest BCUT2D eigenvalue weighted by Gasteiger charge is -2.37. The highest BCUT2D eigenvalue weighted by Crippen LogP contribution is 2.27. The lowest BCUT2D eigenvalue weighted by atomic mass is 9.97. The van der Waals surface area contributed by atoms with Gasteiger partial charge in [-0.05, 0) is 35.2 Å². The number of carbonyl (C=O) groups is 3. The lowest BCUT2D eigenvalue weighted by Crippen LogP contribution is -2.59. The highest BCUT2D eigenvalue weighted by Gasteiger charge is 2.46. The van der Waals surface area contributed by atoms with E-state index in [1.54, 1.807) is 48.5 Å². The molecule has 2 aliphatic heterocycles. The predicted octanol–water partition coefficient (Wildman–Crippen LogP) is 2.51. The highest BCUT2D eigenvalue weighted by atomic mass is 32.2. The van der Waals surface area contributed by atoms with E-state index in [2.05, 4.69) is 5.32 Å². The van der Waals surface area contributed by atoms with Crippen molar-refractivity contribution in [3.63, 3.8) is 0 Å². The largest absolute Gasteiger partial charge is 0.368 e. The van der Waals surface area contributed by atoms with Crippen LogP contribution in [-0.4, -0.2) is 68.0 Å². The molecule has 0 aromatic heterocycles. The molecule has 2 heterocycles. The Kier molecular flexibility index (Phi) is 7.08. The average Bonchev–Trinajstić information content (AvgIpc) is 3.28. The highest BCUT2D eigenvalue weighted by molar-refractivity contribution is 7.90. The number of hydrogen-bond donors (Lipinski definition) is 1. The summed E-state index contributed by atoms with van der Waals surface area (Å²) >= 11 is 0. The summed E-state index contributed by atoms with van der Waals surface area (Å²) in [6.07, 6.45) is 0.876. The van der Waals surface area contributed by atoms with E-state index in [0.717, 1.165) is 5.39 Å². The second-order valence-electron chi connectivity index (χ2n) is 9.53. The molecule has 8 nitrogen and oxygen atoms in total. The summed E-state index contributed by atoms with van der Waals surface area (Å²) in [5, 5.41) is 4.24. The molecule has 3 unspecified atom stereocenters. The molecule has 0 aliphatic carbocycles. The summed E-state index contributed by atoms with van der Waals surface area (Å²) in [7, 11) is -3.80. The molecule has 0 bridgehead atoms. The van der Waals surface area contributed by atoms with Gasteiger partial charge in [-0.15, -0.1) is 0 Å². The topological polar surface area (TPSA) is 110 Å². The Balaban J connectivity index is 1.45. The van der Waals surface area contributed by atoms with Crippen molar-refractivity contribution in [2.75, 3.05) is 18.9 Å². The monoisotopic (exact) mass is 520 g/mol. The molecule has 9 heteroatoms. The fourth-order valence-electron chi connectivity index (χ4n) is 5.21. The zero-order valence-electron chi connectivity index (χ0n) is 20.2. The zero-order chi connectivity index (χ0) is 26.0. The van der Waals surface area contributed by atoms with Crippen LogP contribution in [-0.2, 0) is 29.9 Å². The van der Waals surface area contributed by atoms with Crippen molar-refractivity contribution in [2.45, 2.75) is 36.8 Å². The molecule has 0 spiro atoms. The minimum absolute atomic E-state index is 0.0710. The zero-order valence-corrected chi connectivity index (χ0v) is 21.0. The number of ether oxygens (including phenoxy) is 1. The second kappa shape index (κ2) is 10.4. The van der Waals surface area contributed by atoms with Gasteiger partial charge in [-0.1, -0.05) is 66.7 Å². The Bertz CT molecular complexity index is 1430. The summed E-state index contributed by atoms with van der Waals surface area (Å²) in [5.74, 6) is -2.19. The maximum Gasteiger partial charge on any atom is 0.252 e. The molecule has 3 aromatic carbocycles. The molecule has 5 rings (SSSR count). The van der Waals surface area contributed by atoms with Crippen molar-refractivity contribution in [3.8, 4) is 0 Å². The molecule has 3 atom stereocenters. The smallest absolute Gasteiger partial charge is 0.252 e. The maximum atomic E-state index is 13.8. The van der Waals surface area contributed by atoms with Gasteiger partial charge >= 0.3 is 0 Å². The van der Waals surface area contributed by atoms with Crippen LogP contribution in [0.15, 0.2) is 72.8 Å². The van der Waals surface area contributed by atoms with E-state index in [-0.39, 0.29) is 18.1 Å². The Morgan fingerprint density at radius 3 is 2.54 bits per heavy atom. The van der Waals surface area contributed by atoms with Crippen molar-refractivity contribution < 1.29 is 27.5 Å². The van der Waals surface area contributed by atoms with Crippen molar-refractivity contribution >= 4 is 38.2 Å². The standard InChI is InChI=1S/C28H28N2O6S/c31-24-16-36-25-14-7-15-30(26(24)25)28(33)23(18-37(34,35)17-19-8-2-1-3-9-19)29-27(32)22-13-6-11-20-10-4-5-12-21(20)22/h1-6,8-13,23,25-26H,7,14-18H2,(H,29,32). The van der Waals surface area contributed by atoms with Crippen molar-refractivity contribution in [3.05, 3.63) is 83.9 Å². The van der Waals surface area contributed by atoms with Crippen molar-refractivity contribution in [2.24, 2.45) is 0 Å². The Labute approximate surface area is 215 Å². The van der Waals surface area contributed by atoms with Gasteiger partial charge in [-0.2, -0.15) is 0 Å². The summed E-state index contributed by atoms with van der Waals surface area (Å²) in [5.41, 5.74) is 0.930. The summed E-state index contributed by atoms with van der Waals surface area (Å²) in [6.45, 7) is 0.229. The van der Waals surface area contributed by atoms with E-state index in [0.29, 0.717) is 35.9 Å². The molecule has 0 radical (unpaired) electrons. The van der Waals surface area contributed by atoms with Gasteiger partial charge in [-0.25, -0.2) is 8.42 Å². The number of nitrogens with one attached hydrogen (secondary N) is 1. The first kappa shape index (κ1) is 25.1. The third-order valence-electron chi connectivity index (χ3n) is 6.92. The summed E-state index contributed by atoms with van der Waals surface area (Å²) in [4.78, 5) is 41.1. The van der Waals surface area contributed by atoms with Gasteiger partial charge in [0.1, 0.15) is 18.7 Å². The minimum Gasteiger partial charge on any atom is -0.368 e. The minimum atomic E-state index is -3.80. The molecule has 0 saturated carbocycles. The molecular formula is C28H28N2O6S. The summed E-state index contributed by atoms with van der Waals surface area (Å²) < 4.78 is 32.0. The van der Waals surface area contributed by atoms with Crippen LogP contribution in [0.3, 0.4) is 0 Å². The molecule has 2 fully saturated rings. The molecule has 1 N–H and O–H groups in total. The van der Waals surface area contributed by atoms with E-state index in [1.165, 1.54) is 4.90 Å². The van der Waals surface area contributed by atoms with E-state index in [4.69, 9.17) is 4.74 Å². The number of fused-ring (bicyclic) bond motifs is 2. The summed E-state index contributed by atoms with van der Waals surface area (Å²) in [6, 6.07) is 19.2. The lowest BCUT2D eigenvalue weighted by molar-refractivity contribution is -0.142. The molecule has 2 saturated heterocycles. The number of rotatable bonds is 7. The van der Waals surface area contributed by atoms with Gasteiger partial charge in [0.2, 0.25) is 5.91 Å². The number of hydrogen-bond acceptors (Lipinski definition) is 6. The number of nitrogens with zero attached hydrogens (tertiary/aromatic N) is 1. The van der Waals surface area contributed by atoms with Gasteiger partial charge in [0.05, 0.1) is 17.6 Å². The van der Waals surface area contributed by atoms with Gasteiger partial charge in [0.25, 0.3) is 5.91 Å². The predicted molar refractivity (Wildman–Crippen MR) is 139 cm³/mol. The Hall–Kier alpha value is -3.56. The van der Waals surface area contributed by atoms with Crippen LogP contribution in [0.5, 0.6) is 0 Å². The van der Waals surface area contributed by atoms with Crippen LogP contribution in [0, 0.1) is 0 Å². The van der Waals surface area contributed by atoms with E-state index in [1.807, 2.05) is 24.3 Å². The van der Waals surface area contributed by atoms with Crippen LogP contribution < -0.4 is 5.32 Å². The van der Waals surface area contributed by atoms with Crippen LogP contribution in [0.2, 0.25) is 0 Å². The van der Waals surface area contributed by atoms with Crippen LogP contribution >= 0.6 is 0 Å². The fourth-order valence-corrected chi connectivity index (χ4v) is 6.77. The normalized spacial score (nSPS) is 20.4. The SMILES string of the molecule is O=C(NC(CS(=O)(=O)Cc1ccccc1)C(=O)N1CCCC2OCC(=O)C21)c1cccc2ccccc12. The number of Topliss-reactive ketones (excluding diaryl/α,β-unsaturated/α-hetero) is 1. The number of amides is 2.